The summed E-state index contributed by atoms with van der Waals surface area (Å²) < 4.78 is 6.40. The van der Waals surface area contributed by atoms with Crippen molar-refractivity contribution in [3.8, 4) is 0 Å². The fourth-order valence-corrected chi connectivity index (χ4v) is 3.13. The van der Waals surface area contributed by atoms with E-state index in [1.54, 1.807) is 29.2 Å². The second kappa shape index (κ2) is 5.61. The molecule has 0 radical (unpaired) electrons. The number of ether oxygens (including phenoxy) is 1. The van der Waals surface area contributed by atoms with Gasteiger partial charge >= 0.3 is 0 Å². The van der Waals surface area contributed by atoms with Crippen molar-refractivity contribution in [3.63, 3.8) is 0 Å². The molecule has 6 heteroatoms. The molecule has 0 aromatic heterocycles. The van der Waals surface area contributed by atoms with Crippen LogP contribution >= 0.6 is 15.9 Å². The fraction of sp³-hybridized carbons (Fsp3) is 0.333. The quantitative estimate of drug-likeness (QED) is 0.850. The number of rotatable bonds is 3. The highest BCUT2D eigenvalue weighted by molar-refractivity contribution is 9.10. The first-order valence-electron chi connectivity index (χ1n) is 6.74. The smallest absolute Gasteiger partial charge is 0.256 e. The first kappa shape index (κ1) is 14.3. The molecule has 0 unspecified atom stereocenters. The van der Waals surface area contributed by atoms with E-state index in [1.165, 1.54) is 0 Å². The lowest BCUT2D eigenvalue weighted by Crippen LogP contribution is -2.40. The molecule has 1 aromatic carbocycles. The zero-order valence-electron chi connectivity index (χ0n) is 11.3. The predicted octanol–water partition coefficient (Wildman–Crippen LogP) is 2.19. The Morgan fingerprint density at radius 3 is 3.05 bits per heavy atom. The van der Waals surface area contributed by atoms with Gasteiger partial charge in [0.15, 0.2) is 0 Å². The molecule has 2 aliphatic rings. The minimum atomic E-state index is -0.474. The number of fused-ring (bicyclic) bond motifs is 2. The number of hydrogen-bond acceptors (Lipinski definition) is 3. The van der Waals surface area contributed by atoms with Crippen molar-refractivity contribution < 1.29 is 14.3 Å². The van der Waals surface area contributed by atoms with E-state index >= 15 is 0 Å². The largest absolute Gasteiger partial charge is 0.372 e. The number of nitrogens with one attached hydrogen (secondary N) is 1. The third-order valence-electron chi connectivity index (χ3n) is 3.75. The molecular weight excluding hydrogens is 336 g/mol. The Labute approximate surface area is 131 Å². The number of amides is 2. The van der Waals surface area contributed by atoms with Crippen LogP contribution in [0.4, 0.5) is 5.69 Å². The second-order valence-corrected chi connectivity index (χ2v) is 6.05. The Kier molecular flexibility index (Phi) is 3.82. The van der Waals surface area contributed by atoms with Gasteiger partial charge in [-0.3, -0.25) is 9.59 Å². The third-order valence-corrected chi connectivity index (χ3v) is 4.24. The van der Waals surface area contributed by atoms with Gasteiger partial charge in [0.2, 0.25) is 5.91 Å². The molecule has 2 amide bonds. The van der Waals surface area contributed by atoms with E-state index in [4.69, 9.17) is 4.74 Å². The molecule has 2 atom stereocenters. The number of benzene rings is 1. The molecule has 1 saturated heterocycles. The van der Waals surface area contributed by atoms with E-state index in [0.29, 0.717) is 30.8 Å². The van der Waals surface area contributed by atoms with Crippen molar-refractivity contribution in [1.82, 2.24) is 4.90 Å². The summed E-state index contributed by atoms with van der Waals surface area (Å²) in [7, 11) is 0. The van der Waals surface area contributed by atoms with Gasteiger partial charge < -0.3 is 15.0 Å². The van der Waals surface area contributed by atoms with Crippen molar-refractivity contribution in [2.45, 2.75) is 18.6 Å². The van der Waals surface area contributed by atoms with Gasteiger partial charge in [-0.1, -0.05) is 22.0 Å². The first-order chi connectivity index (χ1) is 10.1. The summed E-state index contributed by atoms with van der Waals surface area (Å²) in [6.07, 6.45) is 2.05. The van der Waals surface area contributed by atoms with Crippen LogP contribution in [-0.4, -0.2) is 42.0 Å². The molecule has 0 spiro atoms. The summed E-state index contributed by atoms with van der Waals surface area (Å²) in [5, 5.41) is 2.83. The van der Waals surface area contributed by atoms with Crippen molar-refractivity contribution in [2.24, 2.45) is 0 Å². The number of carbonyl (C=O) groups is 2. The average molecular weight is 351 g/mol. The highest BCUT2D eigenvalue weighted by Crippen LogP contribution is 2.31. The van der Waals surface area contributed by atoms with Gasteiger partial charge in [0.1, 0.15) is 6.04 Å². The van der Waals surface area contributed by atoms with Gasteiger partial charge in [-0.05, 0) is 18.2 Å². The molecule has 110 valence electrons. The molecule has 1 fully saturated rings. The van der Waals surface area contributed by atoms with Gasteiger partial charge in [0.25, 0.3) is 5.91 Å². The zero-order chi connectivity index (χ0) is 15.0. The van der Waals surface area contributed by atoms with Gasteiger partial charge in [0.05, 0.1) is 24.0 Å². The van der Waals surface area contributed by atoms with Crippen molar-refractivity contribution >= 4 is 33.4 Å². The molecule has 5 nitrogen and oxygen atoms in total. The lowest BCUT2D eigenvalue weighted by atomic mass is 10.1. The number of hydrogen-bond donors (Lipinski definition) is 1. The van der Waals surface area contributed by atoms with Crippen molar-refractivity contribution in [2.75, 3.05) is 18.5 Å². The molecular formula is C15H15BrN2O3. The second-order valence-electron chi connectivity index (χ2n) is 5.13. The maximum absolute atomic E-state index is 12.7. The molecule has 2 aliphatic heterocycles. The minimum absolute atomic E-state index is 0.128. The van der Waals surface area contributed by atoms with Gasteiger partial charge in [0, 0.05) is 17.4 Å². The number of halogens is 1. The maximum Gasteiger partial charge on any atom is 0.256 e. The summed E-state index contributed by atoms with van der Waals surface area (Å²) in [6.45, 7) is 4.45. The van der Waals surface area contributed by atoms with E-state index in [9.17, 15) is 9.59 Å². The summed E-state index contributed by atoms with van der Waals surface area (Å²) in [5.41, 5.74) is 1.07. The predicted molar refractivity (Wildman–Crippen MR) is 82.2 cm³/mol. The molecule has 2 heterocycles. The maximum atomic E-state index is 12.7. The number of carbonyl (C=O) groups excluding carboxylic acids is 2. The Morgan fingerprint density at radius 2 is 2.29 bits per heavy atom. The number of nitrogens with zero attached hydrogens (tertiary/aromatic N) is 1. The van der Waals surface area contributed by atoms with E-state index in [1.807, 2.05) is 0 Å². The van der Waals surface area contributed by atoms with Crippen molar-refractivity contribution in [3.05, 3.63) is 40.9 Å². The van der Waals surface area contributed by atoms with Crippen LogP contribution < -0.4 is 5.32 Å². The van der Waals surface area contributed by atoms with Gasteiger partial charge in [-0.2, -0.15) is 0 Å². The lowest BCUT2D eigenvalue weighted by molar-refractivity contribution is -0.119. The Hall–Kier alpha value is -1.66. The Morgan fingerprint density at radius 1 is 1.48 bits per heavy atom. The molecule has 0 aliphatic carbocycles. The normalized spacial score (nSPS) is 24.1. The van der Waals surface area contributed by atoms with E-state index in [-0.39, 0.29) is 17.9 Å². The molecule has 3 rings (SSSR count). The van der Waals surface area contributed by atoms with Crippen LogP contribution in [0.15, 0.2) is 35.3 Å². The van der Waals surface area contributed by atoms with Crippen LogP contribution in [0.2, 0.25) is 0 Å². The van der Waals surface area contributed by atoms with Gasteiger partial charge in [-0.15, -0.1) is 6.58 Å². The summed E-state index contributed by atoms with van der Waals surface area (Å²) in [6, 6.07) is 4.80. The van der Waals surface area contributed by atoms with Crippen LogP contribution in [0.5, 0.6) is 0 Å². The molecule has 1 aromatic rings. The topological polar surface area (TPSA) is 58.6 Å². The minimum Gasteiger partial charge on any atom is -0.372 e. The Balaban J connectivity index is 1.91. The lowest BCUT2D eigenvalue weighted by Gasteiger charge is -2.19. The highest BCUT2D eigenvalue weighted by Gasteiger charge is 2.43. The van der Waals surface area contributed by atoms with Crippen LogP contribution in [0, 0.1) is 0 Å². The summed E-state index contributed by atoms with van der Waals surface area (Å²) in [5.74, 6) is -0.298. The highest BCUT2D eigenvalue weighted by atomic mass is 79.9. The van der Waals surface area contributed by atoms with Crippen LogP contribution in [0.1, 0.15) is 16.8 Å². The Bertz CT molecular complexity index is 617. The third kappa shape index (κ3) is 2.61. The zero-order valence-corrected chi connectivity index (χ0v) is 12.9. The van der Waals surface area contributed by atoms with E-state index in [0.717, 1.165) is 4.47 Å². The monoisotopic (exact) mass is 350 g/mol. The fourth-order valence-electron chi connectivity index (χ4n) is 2.77. The summed E-state index contributed by atoms with van der Waals surface area (Å²) >= 11 is 3.36. The average Bonchev–Trinajstić information content (AvgIpc) is 2.87. The van der Waals surface area contributed by atoms with Crippen LogP contribution in [-0.2, 0) is 9.53 Å². The molecule has 0 saturated carbocycles. The van der Waals surface area contributed by atoms with Crippen LogP contribution in [0.25, 0.3) is 0 Å². The van der Waals surface area contributed by atoms with Crippen molar-refractivity contribution in [1.29, 1.82) is 0 Å². The molecule has 1 N–H and O–H groups in total. The van der Waals surface area contributed by atoms with E-state index in [2.05, 4.69) is 27.8 Å². The summed E-state index contributed by atoms with van der Waals surface area (Å²) in [4.78, 5) is 26.6. The van der Waals surface area contributed by atoms with Crippen LogP contribution in [0.3, 0.4) is 0 Å². The van der Waals surface area contributed by atoms with E-state index < -0.39 is 6.04 Å². The number of anilines is 1. The van der Waals surface area contributed by atoms with Gasteiger partial charge in [-0.25, -0.2) is 0 Å². The standard InChI is InChI=1S/C15H15BrN2O3/c1-2-5-21-10-7-13-14(19)17-12-4-3-9(16)6-11(12)15(20)18(13)8-10/h2-4,6,10,13H,1,5,7-8H2,(H,17,19)/t10-,13+/m1/s1. The SMILES string of the molecule is C=CCO[C@@H]1C[C@H]2C(=O)Nc3ccc(Br)cc3C(=O)N2C1. The molecule has 21 heavy (non-hydrogen) atoms. The molecule has 0 bridgehead atoms. The first-order valence-corrected chi connectivity index (χ1v) is 7.53.